The number of hydrogen-bond donors (Lipinski definition) is 3. The number of hydrazone groups is 1. The van der Waals surface area contributed by atoms with Crippen molar-refractivity contribution in [1.29, 1.82) is 0 Å². The van der Waals surface area contributed by atoms with Crippen LogP contribution in [0.5, 0.6) is 0 Å². The zero-order chi connectivity index (χ0) is 12.9. The van der Waals surface area contributed by atoms with Gasteiger partial charge < -0.3 is 10.4 Å². The highest BCUT2D eigenvalue weighted by Crippen LogP contribution is 2.10. The van der Waals surface area contributed by atoms with E-state index in [9.17, 15) is 14.7 Å². The van der Waals surface area contributed by atoms with Crippen molar-refractivity contribution < 1.29 is 14.7 Å². The highest BCUT2D eigenvalue weighted by Gasteiger charge is 2.23. The fraction of sp³-hybridized carbons (Fsp3) is 0.727. The fourth-order valence-electron chi connectivity index (χ4n) is 1.64. The highest BCUT2D eigenvalue weighted by atomic mass is 16.3. The molecule has 96 valence electrons. The third kappa shape index (κ3) is 4.52. The topological polar surface area (TPSA) is 90.8 Å². The summed E-state index contributed by atoms with van der Waals surface area (Å²) in [4.78, 5) is 22.5. The van der Waals surface area contributed by atoms with Crippen LogP contribution in [-0.4, -0.2) is 34.8 Å². The van der Waals surface area contributed by atoms with Crippen LogP contribution in [0.25, 0.3) is 0 Å². The molecule has 0 fully saturated rings. The number of hydrogen-bond acceptors (Lipinski definition) is 4. The molecular weight excluding hydrogens is 222 g/mol. The van der Waals surface area contributed by atoms with Crippen LogP contribution in [-0.2, 0) is 9.59 Å². The molecular formula is C11H19N3O3. The van der Waals surface area contributed by atoms with Gasteiger partial charge in [-0.25, -0.2) is 5.43 Å². The lowest BCUT2D eigenvalue weighted by Gasteiger charge is -2.23. The first-order chi connectivity index (χ1) is 7.94. The summed E-state index contributed by atoms with van der Waals surface area (Å²) < 4.78 is 0. The van der Waals surface area contributed by atoms with Crippen LogP contribution in [0, 0.1) is 0 Å². The van der Waals surface area contributed by atoms with Crippen LogP contribution in [0.4, 0.5) is 0 Å². The second-order valence-corrected chi connectivity index (χ2v) is 4.52. The number of rotatable bonds is 5. The minimum absolute atomic E-state index is 0.181. The average Bonchev–Trinajstić information content (AvgIpc) is 2.27. The molecule has 1 aliphatic heterocycles. The van der Waals surface area contributed by atoms with E-state index in [2.05, 4.69) is 15.8 Å². The predicted octanol–water partition coefficient (Wildman–Crippen LogP) is -0.0803. The van der Waals surface area contributed by atoms with Crippen LogP contribution in [0.15, 0.2) is 5.10 Å². The van der Waals surface area contributed by atoms with E-state index in [-0.39, 0.29) is 24.8 Å². The van der Waals surface area contributed by atoms with E-state index in [0.717, 1.165) is 6.42 Å². The molecule has 1 atom stereocenters. The Morgan fingerprint density at radius 2 is 2.29 bits per heavy atom. The van der Waals surface area contributed by atoms with Gasteiger partial charge in [-0.15, -0.1) is 0 Å². The third-order valence-electron chi connectivity index (χ3n) is 2.58. The quantitative estimate of drug-likeness (QED) is 0.628. The maximum Gasteiger partial charge on any atom is 0.267 e. The molecule has 6 heteroatoms. The number of aliphatic hydroxyl groups is 1. The molecule has 1 aliphatic rings. The zero-order valence-electron chi connectivity index (χ0n) is 10.2. The van der Waals surface area contributed by atoms with Crippen molar-refractivity contribution in [3.8, 4) is 0 Å². The van der Waals surface area contributed by atoms with Crippen LogP contribution >= 0.6 is 0 Å². The van der Waals surface area contributed by atoms with Gasteiger partial charge in [0.1, 0.15) is 5.71 Å². The Morgan fingerprint density at radius 1 is 1.59 bits per heavy atom. The van der Waals surface area contributed by atoms with Gasteiger partial charge in [-0.3, -0.25) is 9.59 Å². The summed E-state index contributed by atoms with van der Waals surface area (Å²) in [6, 6.07) is 0. The molecule has 0 spiro atoms. The van der Waals surface area contributed by atoms with E-state index in [0.29, 0.717) is 18.6 Å². The van der Waals surface area contributed by atoms with Crippen LogP contribution in [0.1, 0.15) is 39.5 Å². The number of amides is 2. The molecule has 17 heavy (non-hydrogen) atoms. The van der Waals surface area contributed by atoms with Crippen LogP contribution < -0.4 is 10.7 Å². The SMILES string of the molecule is CCCC(C)(O)CNC(=O)C1=NNC(=O)CC1. The van der Waals surface area contributed by atoms with Gasteiger partial charge in [0.15, 0.2) is 0 Å². The number of carbonyl (C=O) groups is 2. The van der Waals surface area contributed by atoms with Gasteiger partial charge in [0.05, 0.1) is 5.60 Å². The molecule has 0 bridgehead atoms. The van der Waals surface area contributed by atoms with Gasteiger partial charge in [-0.2, -0.15) is 5.10 Å². The summed E-state index contributed by atoms with van der Waals surface area (Å²) >= 11 is 0. The van der Waals surface area contributed by atoms with Crippen LogP contribution in [0.3, 0.4) is 0 Å². The maximum atomic E-state index is 11.7. The molecule has 3 N–H and O–H groups in total. The van der Waals surface area contributed by atoms with Crippen molar-refractivity contribution in [3.63, 3.8) is 0 Å². The maximum absolute atomic E-state index is 11.7. The van der Waals surface area contributed by atoms with E-state index in [1.165, 1.54) is 0 Å². The second kappa shape index (κ2) is 5.77. The first-order valence-electron chi connectivity index (χ1n) is 5.80. The lowest BCUT2D eigenvalue weighted by molar-refractivity contribution is -0.121. The zero-order valence-corrected chi connectivity index (χ0v) is 10.2. The second-order valence-electron chi connectivity index (χ2n) is 4.52. The molecule has 1 rings (SSSR count). The van der Waals surface area contributed by atoms with E-state index in [1.54, 1.807) is 6.92 Å². The smallest absolute Gasteiger partial charge is 0.267 e. The Bertz CT molecular complexity index is 337. The lowest BCUT2D eigenvalue weighted by Crippen LogP contribution is -2.44. The summed E-state index contributed by atoms with van der Waals surface area (Å²) in [7, 11) is 0. The highest BCUT2D eigenvalue weighted by molar-refractivity contribution is 6.39. The average molecular weight is 241 g/mol. The fourth-order valence-corrected chi connectivity index (χ4v) is 1.64. The monoisotopic (exact) mass is 241 g/mol. The largest absolute Gasteiger partial charge is 0.388 e. The third-order valence-corrected chi connectivity index (χ3v) is 2.58. The summed E-state index contributed by atoms with van der Waals surface area (Å²) in [6.45, 7) is 3.84. The van der Waals surface area contributed by atoms with E-state index in [1.807, 2.05) is 6.92 Å². The first kappa shape index (κ1) is 13.6. The summed E-state index contributed by atoms with van der Waals surface area (Å²) in [6.07, 6.45) is 2.08. The van der Waals surface area contributed by atoms with E-state index in [4.69, 9.17) is 0 Å². The van der Waals surface area contributed by atoms with Gasteiger partial charge in [0, 0.05) is 19.4 Å². The van der Waals surface area contributed by atoms with Gasteiger partial charge in [-0.1, -0.05) is 13.3 Å². The van der Waals surface area contributed by atoms with Crippen LogP contribution in [0.2, 0.25) is 0 Å². The Kier molecular flexibility index (Phi) is 4.62. The standard InChI is InChI=1S/C11H19N3O3/c1-3-6-11(2,17)7-12-10(16)8-4-5-9(15)14-13-8/h17H,3-7H2,1-2H3,(H,12,16)(H,14,15). The minimum Gasteiger partial charge on any atom is -0.388 e. The van der Waals surface area contributed by atoms with Gasteiger partial charge >= 0.3 is 0 Å². The summed E-state index contributed by atoms with van der Waals surface area (Å²) in [5.41, 5.74) is 1.66. The van der Waals surface area contributed by atoms with Crippen molar-refractivity contribution in [3.05, 3.63) is 0 Å². The Labute approximate surface area is 100 Å². The molecule has 1 unspecified atom stereocenters. The number of nitrogens with one attached hydrogen (secondary N) is 2. The van der Waals surface area contributed by atoms with Gasteiger partial charge in [0.2, 0.25) is 5.91 Å². The van der Waals surface area contributed by atoms with Crippen molar-refractivity contribution in [2.24, 2.45) is 5.10 Å². The van der Waals surface area contributed by atoms with Crippen molar-refractivity contribution in [2.75, 3.05) is 6.54 Å². The minimum atomic E-state index is -0.900. The molecule has 2 amide bonds. The lowest BCUT2D eigenvalue weighted by atomic mass is 10.0. The number of carbonyl (C=O) groups excluding carboxylic acids is 2. The predicted molar refractivity (Wildman–Crippen MR) is 63.4 cm³/mol. The molecule has 0 radical (unpaired) electrons. The van der Waals surface area contributed by atoms with Crippen molar-refractivity contribution >= 4 is 17.5 Å². The molecule has 0 saturated carbocycles. The van der Waals surface area contributed by atoms with E-state index < -0.39 is 5.60 Å². The Morgan fingerprint density at radius 3 is 2.82 bits per heavy atom. The summed E-state index contributed by atoms with van der Waals surface area (Å²) in [5, 5.41) is 16.2. The molecule has 0 aromatic carbocycles. The Balaban J connectivity index is 2.42. The van der Waals surface area contributed by atoms with Crippen molar-refractivity contribution in [2.45, 2.75) is 45.1 Å². The molecule has 1 heterocycles. The molecule has 0 aromatic heterocycles. The molecule has 0 aromatic rings. The molecule has 0 saturated heterocycles. The van der Waals surface area contributed by atoms with Gasteiger partial charge in [0.25, 0.3) is 5.91 Å². The van der Waals surface area contributed by atoms with E-state index >= 15 is 0 Å². The molecule has 6 nitrogen and oxygen atoms in total. The Hall–Kier alpha value is -1.43. The number of nitrogens with zero attached hydrogens (tertiary/aromatic N) is 1. The summed E-state index contributed by atoms with van der Waals surface area (Å²) in [5.74, 6) is -0.513. The normalized spacial score (nSPS) is 19.0. The van der Waals surface area contributed by atoms with Crippen molar-refractivity contribution in [1.82, 2.24) is 10.7 Å². The first-order valence-corrected chi connectivity index (χ1v) is 5.80. The van der Waals surface area contributed by atoms with Gasteiger partial charge in [-0.05, 0) is 13.3 Å². The molecule has 0 aliphatic carbocycles.